The molecule has 4 heteroatoms. The van der Waals surface area contributed by atoms with Crippen LogP contribution in [-0.2, 0) is 6.42 Å². The van der Waals surface area contributed by atoms with Gasteiger partial charge < -0.3 is 10.3 Å². The van der Waals surface area contributed by atoms with Gasteiger partial charge in [-0.2, -0.15) is 0 Å². The monoisotopic (exact) mass is 279 g/mol. The topological polar surface area (TPSA) is 40.7 Å². The molecule has 0 amide bonds. The van der Waals surface area contributed by atoms with E-state index in [2.05, 4.69) is 43.3 Å². The predicted octanol–water partition coefficient (Wildman–Crippen LogP) is 2.62. The summed E-state index contributed by atoms with van der Waals surface area (Å²) in [5.74, 6) is 0. The van der Waals surface area contributed by atoms with Gasteiger partial charge in [0.25, 0.3) is 0 Å². The van der Waals surface area contributed by atoms with E-state index in [1.54, 1.807) is 0 Å². The molecule has 0 aliphatic carbocycles. The number of fused-ring (bicyclic) bond motifs is 1. The van der Waals surface area contributed by atoms with Gasteiger partial charge >= 0.3 is 0 Å². The Balaban J connectivity index is 1.86. The Hall–Kier alpha value is -0.870. The van der Waals surface area contributed by atoms with E-state index in [-0.39, 0.29) is 0 Å². The van der Waals surface area contributed by atoms with Gasteiger partial charge in [-0.05, 0) is 47.4 Å². The molecule has 0 saturated carbocycles. The number of H-pyrrole nitrogens is 1. The molecule has 1 aliphatic heterocycles. The number of hydrogen-bond acceptors (Lipinski definition) is 2. The second-order valence-electron chi connectivity index (χ2n) is 4.38. The zero-order valence-electron chi connectivity index (χ0n) is 8.96. The highest BCUT2D eigenvalue weighted by molar-refractivity contribution is 9.10. The first-order valence-corrected chi connectivity index (χ1v) is 6.47. The van der Waals surface area contributed by atoms with Gasteiger partial charge in [0, 0.05) is 28.8 Å². The van der Waals surface area contributed by atoms with Crippen LogP contribution in [0.3, 0.4) is 0 Å². The number of aromatic nitrogens is 2. The molecule has 3 nitrogen and oxygen atoms in total. The summed E-state index contributed by atoms with van der Waals surface area (Å²) in [6.07, 6.45) is 5.50. The van der Waals surface area contributed by atoms with E-state index in [0.717, 1.165) is 28.5 Å². The molecule has 16 heavy (non-hydrogen) atoms. The number of aromatic amines is 1. The molecule has 1 saturated heterocycles. The van der Waals surface area contributed by atoms with Gasteiger partial charge in [0.05, 0.1) is 11.0 Å². The fraction of sp³-hybridized carbons (Fsp3) is 0.417. The molecule has 0 bridgehead atoms. The molecular weight excluding hydrogens is 266 g/mol. The maximum absolute atomic E-state index is 4.38. The smallest absolute Gasteiger partial charge is 0.0882 e. The molecular formula is C12H14BrN3. The lowest BCUT2D eigenvalue weighted by Crippen LogP contribution is -2.23. The van der Waals surface area contributed by atoms with Crippen LogP contribution in [0.1, 0.15) is 18.5 Å². The Bertz CT molecular complexity index is 500. The largest absolute Gasteiger partial charge is 0.357 e. The third-order valence-electron chi connectivity index (χ3n) is 3.12. The van der Waals surface area contributed by atoms with Gasteiger partial charge in [-0.25, -0.2) is 0 Å². The minimum Gasteiger partial charge on any atom is -0.357 e. The fourth-order valence-electron chi connectivity index (χ4n) is 2.35. The first-order valence-electron chi connectivity index (χ1n) is 5.68. The molecule has 0 aromatic carbocycles. The Morgan fingerprint density at radius 2 is 2.38 bits per heavy atom. The van der Waals surface area contributed by atoms with Crippen LogP contribution in [0.2, 0.25) is 0 Å². The average molecular weight is 280 g/mol. The Labute approximate surface area is 103 Å². The van der Waals surface area contributed by atoms with Gasteiger partial charge in [0.15, 0.2) is 0 Å². The summed E-state index contributed by atoms with van der Waals surface area (Å²) >= 11 is 3.44. The van der Waals surface area contributed by atoms with Crippen molar-refractivity contribution in [2.45, 2.75) is 25.3 Å². The van der Waals surface area contributed by atoms with Crippen molar-refractivity contribution in [3.63, 3.8) is 0 Å². The molecule has 0 spiro atoms. The Kier molecular flexibility index (Phi) is 2.69. The Morgan fingerprint density at radius 3 is 3.19 bits per heavy atom. The third kappa shape index (κ3) is 1.99. The minimum atomic E-state index is 0.636. The molecule has 2 aromatic heterocycles. The predicted molar refractivity (Wildman–Crippen MR) is 68.5 cm³/mol. The normalized spacial score (nSPS) is 20.7. The van der Waals surface area contributed by atoms with Crippen molar-refractivity contribution >= 4 is 27.0 Å². The average Bonchev–Trinajstić information content (AvgIpc) is 2.86. The number of nitrogens with one attached hydrogen (secondary N) is 2. The van der Waals surface area contributed by atoms with E-state index in [9.17, 15) is 0 Å². The highest BCUT2D eigenvalue weighted by atomic mass is 79.9. The van der Waals surface area contributed by atoms with Crippen molar-refractivity contribution in [1.82, 2.24) is 15.3 Å². The van der Waals surface area contributed by atoms with Gasteiger partial charge in [0.1, 0.15) is 0 Å². The van der Waals surface area contributed by atoms with Crippen LogP contribution in [0.25, 0.3) is 11.0 Å². The first kappa shape index (κ1) is 10.3. The number of hydrogen-bond donors (Lipinski definition) is 2. The highest BCUT2D eigenvalue weighted by Gasteiger charge is 2.15. The van der Waals surface area contributed by atoms with Crippen molar-refractivity contribution in [2.75, 3.05) is 6.54 Å². The summed E-state index contributed by atoms with van der Waals surface area (Å²) in [4.78, 5) is 7.81. The van der Waals surface area contributed by atoms with Crippen LogP contribution < -0.4 is 5.32 Å². The summed E-state index contributed by atoms with van der Waals surface area (Å²) in [7, 11) is 0. The molecule has 3 rings (SSSR count). The quantitative estimate of drug-likeness (QED) is 0.887. The summed E-state index contributed by atoms with van der Waals surface area (Å²) < 4.78 is 1.02. The first-order chi connectivity index (χ1) is 7.81. The van der Waals surface area contributed by atoms with E-state index in [4.69, 9.17) is 0 Å². The number of pyridine rings is 1. The van der Waals surface area contributed by atoms with Gasteiger partial charge in [-0.1, -0.05) is 0 Å². The molecule has 1 aliphatic rings. The number of nitrogens with zero attached hydrogens (tertiary/aromatic N) is 1. The summed E-state index contributed by atoms with van der Waals surface area (Å²) in [5, 5.41) is 3.51. The van der Waals surface area contributed by atoms with E-state index >= 15 is 0 Å². The molecule has 1 atom stereocenters. The van der Waals surface area contributed by atoms with Crippen LogP contribution in [-0.4, -0.2) is 22.6 Å². The summed E-state index contributed by atoms with van der Waals surface area (Å²) in [6.45, 7) is 1.16. The molecule has 84 valence electrons. The van der Waals surface area contributed by atoms with Crippen LogP contribution in [0, 0.1) is 0 Å². The molecule has 0 radical (unpaired) electrons. The molecule has 2 aromatic rings. The summed E-state index contributed by atoms with van der Waals surface area (Å²) in [6, 6.07) is 4.87. The van der Waals surface area contributed by atoms with Gasteiger partial charge in [-0.3, -0.25) is 4.98 Å². The fourth-order valence-corrected chi connectivity index (χ4v) is 2.68. The van der Waals surface area contributed by atoms with Gasteiger partial charge in [0.2, 0.25) is 0 Å². The second-order valence-corrected chi connectivity index (χ2v) is 5.29. The van der Waals surface area contributed by atoms with E-state index in [1.165, 1.54) is 18.5 Å². The lowest BCUT2D eigenvalue weighted by atomic mass is 10.1. The van der Waals surface area contributed by atoms with Crippen molar-refractivity contribution in [3.05, 3.63) is 28.5 Å². The molecule has 3 heterocycles. The van der Waals surface area contributed by atoms with Crippen molar-refractivity contribution in [2.24, 2.45) is 0 Å². The van der Waals surface area contributed by atoms with Crippen LogP contribution in [0.15, 0.2) is 22.8 Å². The maximum Gasteiger partial charge on any atom is 0.0882 e. The zero-order valence-corrected chi connectivity index (χ0v) is 10.5. The van der Waals surface area contributed by atoms with Crippen LogP contribution >= 0.6 is 15.9 Å². The minimum absolute atomic E-state index is 0.636. The molecule has 1 unspecified atom stereocenters. The lowest BCUT2D eigenvalue weighted by Gasteiger charge is -2.07. The van der Waals surface area contributed by atoms with Crippen molar-refractivity contribution < 1.29 is 0 Å². The molecule has 2 N–H and O–H groups in total. The third-order valence-corrected chi connectivity index (χ3v) is 3.55. The second kappa shape index (κ2) is 4.18. The van der Waals surface area contributed by atoms with Crippen molar-refractivity contribution in [3.8, 4) is 0 Å². The standard InChI is InChI=1S/C12H14BrN3/c13-8-4-12-11(15-7-8)6-10(16-12)5-9-2-1-3-14-9/h4,6-7,9,14,16H,1-3,5H2. The van der Waals surface area contributed by atoms with Crippen molar-refractivity contribution in [1.29, 1.82) is 0 Å². The molecule has 1 fully saturated rings. The number of rotatable bonds is 2. The highest BCUT2D eigenvalue weighted by Crippen LogP contribution is 2.19. The lowest BCUT2D eigenvalue weighted by molar-refractivity contribution is 0.597. The van der Waals surface area contributed by atoms with Crippen LogP contribution in [0.4, 0.5) is 0 Å². The summed E-state index contributed by atoms with van der Waals surface area (Å²) in [5.41, 5.74) is 3.44. The van der Waals surface area contributed by atoms with E-state index in [1.807, 2.05) is 6.20 Å². The van der Waals surface area contributed by atoms with E-state index < -0.39 is 0 Å². The SMILES string of the molecule is Brc1cnc2cc(CC3CCCN3)[nH]c2c1. The van der Waals surface area contributed by atoms with Crippen LogP contribution in [0.5, 0.6) is 0 Å². The maximum atomic E-state index is 4.38. The van der Waals surface area contributed by atoms with Gasteiger partial charge in [-0.15, -0.1) is 0 Å². The van der Waals surface area contributed by atoms with E-state index in [0.29, 0.717) is 6.04 Å². The zero-order chi connectivity index (χ0) is 11.0. The number of halogens is 1. The Morgan fingerprint density at radius 1 is 1.44 bits per heavy atom.